The third-order valence-corrected chi connectivity index (χ3v) is 0.990. The van der Waals surface area contributed by atoms with Gasteiger partial charge in [0.2, 0.25) is 5.83 Å². The summed E-state index contributed by atoms with van der Waals surface area (Å²) in [6, 6.07) is 0. The molecule has 0 radical (unpaired) electrons. The second-order valence-electron chi connectivity index (χ2n) is 1.75. The minimum absolute atomic E-state index is 0.0616. The third kappa shape index (κ3) is 5.17. The third-order valence-electron chi connectivity index (χ3n) is 0.761. The summed E-state index contributed by atoms with van der Waals surface area (Å²) in [4.78, 5) is 6.88. The first kappa shape index (κ1) is 11.5. The van der Waals surface area contributed by atoms with E-state index >= 15 is 0 Å². The predicted molar refractivity (Wildman–Crippen MR) is 39.7 cm³/mol. The lowest BCUT2D eigenvalue weighted by Gasteiger charge is -2.01. The van der Waals surface area contributed by atoms with Gasteiger partial charge < -0.3 is 4.74 Å². The summed E-state index contributed by atoms with van der Waals surface area (Å²) in [6.45, 7) is 1.38. The van der Waals surface area contributed by atoms with Gasteiger partial charge in [0.15, 0.2) is 0 Å². The van der Waals surface area contributed by atoms with Gasteiger partial charge in [0.25, 0.3) is 0 Å². The van der Waals surface area contributed by atoms with Crippen LogP contribution in [0, 0.1) is 0 Å². The lowest BCUT2D eigenvalue weighted by Crippen LogP contribution is -2.08. The van der Waals surface area contributed by atoms with E-state index in [4.69, 9.17) is 0 Å². The predicted octanol–water partition coefficient (Wildman–Crippen LogP) is 2.39. The van der Waals surface area contributed by atoms with Crippen LogP contribution in [0.1, 0.15) is 6.92 Å². The highest BCUT2D eigenvalue weighted by atomic mass is 79.9. The van der Waals surface area contributed by atoms with Crippen LogP contribution in [0.4, 0.5) is 13.2 Å². The molecule has 0 aromatic rings. The molecule has 0 saturated carbocycles. The molecular formula is C6H6BrF3O2. The summed E-state index contributed by atoms with van der Waals surface area (Å²) in [6.07, 6.45) is -0.162. The van der Waals surface area contributed by atoms with Crippen LogP contribution in [0.5, 0.6) is 0 Å². The minimum atomic E-state index is -3.52. The maximum atomic E-state index is 12.4. The Bertz CT molecular complexity index is 197. The van der Waals surface area contributed by atoms with Gasteiger partial charge in [-0.3, -0.25) is 0 Å². The largest absolute Gasteiger partial charge is 0.461 e. The van der Waals surface area contributed by atoms with Crippen LogP contribution < -0.4 is 0 Å². The van der Waals surface area contributed by atoms with E-state index < -0.39 is 16.6 Å². The fourth-order valence-electron chi connectivity index (χ4n) is 0.403. The van der Waals surface area contributed by atoms with E-state index in [-0.39, 0.29) is 12.7 Å². The second kappa shape index (κ2) is 4.49. The molecule has 0 bridgehead atoms. The van der Waals surface area contributed by atoms with Gasteiger partial charge in [-0.1, -0.05) is 0 Å². The maximum absolute atomic E-state index is 12.4. The number of alkyl halides is 3. The van der Waals surface area contributed by atoms with Gasteiger partial charge in [0, 0.05) is 6.08 Å². The zero-order valence-electron chi connectivity index (χ0n) is 6.11. The molecule has 6 heteroatoms. The van der Waals surface area contributed by atoms with Crippen LogP contribution in [0.2, 0.25) is 0 Å². The minimum Gasteiger partial charge on any atom is -0.461 e. The summed E-state index contributed by atoms with van der Waals surface area (Å²) >= 11 is 1.84. The summed E-state index contributed by atoms with van der Waals surface area (Å²) in [5.41, 5.74) is 0. The molecule has 0 atom stereocenters. The van der Waals surface area contributed by atoms with E-state index in [1.807, 2.05) is 15.9 Å². The molecule has 12 heavy (non-hydrogen) atoms. The Kier molecular flexibility index (Phi) is 4.30. The zero-order valence-corrected chi connectivity index (χ0v) is 7.70. The monoisotopic (exact) mass is 246 g/mol. The topological polar surface area (TPSA) is 26.3 Å². The molecule has 0 fully saturated rings. The average Bonchev–Trinajstić information content (AvgIpc) is 1.84. The van der Waals surface area contributed by atoms with Gasteiger partial charge in [-0.15, -0.1) is 0 Å². The van der Waals surface area contributed by atoms with E-state index in [2.05, 4.69) is 4.74 Å². The number of ether oxygens (including phenoxy) is 1. The fraction of sp³-hybridized carbons (Fsp3) is 0.500. The van der Waals surface area contributed by atoms with Crippen molar-refractivity contribution in [1.29, 1.82) is 0 Å². The smallest absolute Gasteiger partial charge is 0.367 e. The molecule has 0 rings (SSSR count). The Balaban J connectivity index is 4.28. The van der Waals surface area contributed by atoms with E-state index in [1.165, 1.54) is 6.92 Å². The Hall–Kier alpha value is -0.520. The molecule has 0 N–H and O–H groups in total. The Morgan fingerprint density at radius 2 is 2.17 bits per heavy atom. The van der Waals surface area contributed by atoms with Gasteiger partial charge in [-0.2, -0.15) is 13.2 Å². The van der Waals surface area contributed by atoms with Crippen LogP contribution >= 0.6 is 15.9 Å². The first-order valence-electron chi connectivity index (χ1n) is 2.99. The van der Waals surface area contributed by atoms with Crippen LogP contribution in [0.3, 0.4) is 0 Å². The molecule has 0 unspecified atom stereocenters. The molecule has 0 aliphatic heterocycles. The zero-order chi connectivity index (χ0) is 9.78. The molecule has 0 aliphatic rings. The van der Waals surface area contributed by atoms with Crippen molar-refractivity contribution < 1.29 is 22.7 Å². The second-order valence-corrected chi connectivity index (χ2v) is 2.81. The molecule has 0 aromatic heterocycles. The summed E-state index contributed by atoms with van der Waals surface area (Å²) < 4.78 is 40.4. The van der Waals surface area contributed by atoms with Crippen molar-refractivity contribution >= 4 is 21.9 Å². The van der Waals surface area contributed by atoms with Crippen LogP contribution in [0.15, 0.2) is 11.9 Å². The van der Waals surface area contributed by atoms with Crippen LogP contribution in [-0.2, 0) is 9.53 Å². The number of carbonyl (C=O) groups excluding carboxylic acids is 1. The van der Waals surface area contributed by atoms with Crippen molar-refractivity contribution in [3.8, 4) is 0 Å². The molecule has 0 saturated heterocycles. The normalized spacial score (nSPS) is 12.9. The fourth-order valence-corrected chi connectivity index (χ4v) is 0.604. The van der Waals surface area contributed by atoms with Crippen molar-refractivity contribution in [1.82, 2.24) is 0 Å². The molecule has 2 nitrogen and oxygen atoms in total. The number of hydrogen-bond donors (Lipinski definition) is 0. The molecular weight excluding hydrogens is 241 g/mol. The summed E-state index contributed by atoms with van der Waals surface area (Å²) in [5, 5.41) is 0. The van der Waals surface area contributed by atoms with Crippen LogP contribution in [-0.4, -0.2) is 17.4 Å². The number of halogens is 4. The number of esters is 1. The summed E-state index contributed by atoms with van der Waals surface area (Å²) in [5.74, 6) is -3.00. The van der Waals surface area contributed by atoms with Crippen molar-refractivity contribution in [3.05, 3.63) is 11.9 Å². The molecule has 70 valence electrons. The Morgan fingerprint density at radius 3 is 2.50 bits per heavy atom. The van der Waals surface area contributed by atoms with Gasteiger partial charge in [-0.05, 0) is 22.9 Å². The highest BCUT2D eigenvalue weighted by molar-refractivity contribution is 9.10. The van der Waals surface area contributed by atoms with E-state index in [1.54, 1.807) is 0 Å². The van der Waals surface area contributed by atoms with Gasteiger partial charge >= 0.3 is 10.8 Å². The Labute approximate surface area is 75.5 Å². The van der Waals surface area contributed by atoms with E-state index in [9.17, 15) is 18.0 Å². The van der Waals surface area contributed by atoms with Crippen molar-refractivity contribution in [2.24, 2.45) is 0 Å². The van der Waals surface area contributed by atoms with Crippen molar-refractivity contribution in [3.63, 3.8) is 0 Å². The lowest BCUT2D eigenvalue weighted by molar-refractivity contribution is -0.140. The number of carbonyl (C=O) groups is 1. The summed E-state index contributed by atoms with van der Waals surface area (Å²) in [7, 11) is 0. The van der Waals surface area contributed by atoms with E-state index in [0.29, 0.717) is 0 Å². The SMILES string of the molecule is CCOC(=O)/C(F)=C\C(F)(F)Br. The number of allylic oxidation sites excluding steroid dienone is 1. The molecule has 0 aromatic carbocycles. The van der Waals surface area contributed by atoms with E-state index in [0.717, 1.165) is 0 Å². The average molecular weight is 247 g/mol. The van der Waals surface area contributed by atoms with Gasteiger partial charge in [-0.25, -0.2) is 4.79 Å². The molecule has 0 aliphatic carbocycles. The number of rotatable bonds is 3. The first-order chi connectivity index (χ1) is 5.37. The van der Waals surface area contributed by atoms with Gasteiger partial charge in [0.05, 0.1) is 6.61 Å². The number of hydrogen-bond acceptors (Lipinski definition) is 2. The highest BCUT2D eigenvalue weighted by Gasteiger charge is 2.24. The Morgan fingerprint density at radius 1 is 1.67 bits per heavy atom. The molecule has 0 heterocycles. The highest BCUT2D eigenvalue weighted by Crippen LogP contribution is 2.25. The molecule has 0 spiro atoms. The van der Waals surface area contributed by atoms with Crippen molar-refractivity contribution in [2.45, 2.75) is 11.8 Å². The maximum Gasteiger partial charge on any atom is 0.367 e. The molecule has 0 amide bonds. The van der Waals surface area contributed by atoms with Gasteiger partial charge in [0.1, 0.15) is 0 Å². The lowest BCUT2D eigenvalue weighted by atomic mass is 10.5. The quantitative estimate of drug-likeness (QED) is 0.434. The van der Waals surface area contributed by atoms with Crippen LogP contribution in [0.25, 0.3) is 0 Å². The standard InChI is InChI=1S/C6H6BrF3O2/c1-2-12-5(11)4(8)3-6(7,9)10/h3H,2H2,1H3/b4-3+. The van der Waals surface area contributed by atoms with Crippen molar-refractivity contribution in [2.75, 3.05) is 6.61 Å². The first-order valence-corrected chi connectivity index (χ1v) is 3.78.